The van der Waals surface area contributed by atoms with Crippen molar-refractivity contribution in [2.45, 2.75) is 26.4 Å². The van der Waals surface area contributed by atoms with E-state index in [0.717, 1.165) is 41.0 Å². The molecule has 5 rings (SSSR count). The number of para-hydroxylation sites is 1. The molecule has 1 N–H and O–H groups in total. The molecule has 2 amide bonds. The fourth-order valence-electron chi connectivity index (χ4n) is 4.57. The summed E-state index contributed by atoms with van der Waals surface area (Å²) in [4.78, 5) is 27.1. The van der Waals surface area contributed by atoms with E-state index in [4.69, 9.17) is 14.2 Å². The summed E-state index contributed by atoms with van der Waals surface area (Å²) in [5.74, 6) is 1.87. The number of hydrogen-bond donors (Lipinski definition) is 1. The SMILES string of the molecule is Cc1ccccc1OCCCCN1C(=O)COc2ccc(NC(=O)/C=C/c3ccc(OCc4ccccc4)cc3)cc21. The predicted molar refractivity (Wildman–Crippen MR) is 165 cm³/mol. The number of carbonyl (C=O) groups is 2. The van der Waals surface area contributed by atoms with Crippen LogP contribution in [0.3, 0.4) is 0 Å². The van der Waals surface area contributed by atoms with E-state index in [2.05, 4.69) is 5.32 Å². The van der Waals surface area contributed by atoms with E-state index in [0.29, 0.717) is 36.9 Å². The Morgan fingerprint density at radius 3 is 2.52 bits per heavy atom. The number of hydrogen-bond acceptors (Lipinski definition) is 5. The summed E-state index contributed by atoms with van der Waals surface area (Å²) in [6, 6.07) is 30.8. The molecule has 4 aromatic carbocycles. The van der Waals surface area contributed by atoms with E-state index in [-0.39, 0.29) is 18.4 Å². The third-order valence-electron chi connectivity index (χ3n) is 6.85. The van der Waals surface area contributed by atoms with Crippen LogP contribution in [0.2, 0.25) is 0 Å². The van der Waals surface area contributed by atoms with Crippen molar-refractivity contribution >= 4 is 29.3 Å². The highest BCUT2D eigenvalue weighted by atomic mass is 16.5. The number of benzene rings is 4. The molecule has 0 unspecified atom stereocenters. The lowest BCUT2D eigenvalue weighted by Crippen LogP contribution is -2.39. The number of fused-ring (bicyclic) bond motifs is 1. The van der Waals surface area contributed by atoms with Gasteiger partial charge in [-0.25, -0.2) is 0 Å². The number of nitrogens with one attached hydrogen (secondary N) is 1. The van der Waals surface area contributed by atoms with Crippen molar-refractivity contribution in [3.05, 3.63) is 120 Å². The van der Waals surface area contributed by atoms with Crippen molar-refractivity contribution in [1.29, 1.82) is 0 Å². The maximum atomic E-state index is 12.7. The second kappa shape index (κ2) is 14.0. The molecule has 1 aliphatic rings. The molecule has 0 saturated heterocycles. The molecule has 0 atom stereocenters. The average molecular weight is 563 g/mol. The molecule has 0 aliphatic carbocycles. The number of amides is 2. The van der Waals surface area contributed by atoms with Gasteiger partial charge in [-0.2, -0.15) is 0 Å². The fraction of sp³-hybridized carbons (Fsp3) is 0.200. The fourth-order valence-corrected chi connectivity index (χ4v) is 4.57. The summed E-state index contributed by atoms with van der Waals surface area (Å²) < 4.78 is 17.3. The molecule has 0 bridgehead atoms. The zero-order valence-electron chi connectivity index (χ0n) is 23.6. The van der Waals surface area contributed by atoms with Gasteiger partial charge in [-0.1, -0.05) is 60.7 Å². The molecule has 7 heteroatoms. The summed E-state index contributed by atoms with van der Waals surface area (Å²) in [5, 5.41) is 2.88. The highest BCUT2D eigenvalue weighted by molar-refractivity contribution is 6.03. The van der Waals surface area contributed by atoms with Crippen LogP contribution in [0.15, 0.2) is 103 Å². The van der Waals surface area contributed by atoms with E-state index < -0.39 is 0 Å². The Labute approximate surface area is 246 Å². The molecule has 0 spiro atoms. The number of rotatable bonds is 12. The van der Waals surface area contributed by atoms with Crippen LogP contribution in [0.4, 0.5) is 11.4 Å². The van der Waals surface area contributed by atoms with E-state index in [1.807, 2.05) is 85.8 Å². The first-order chi connectivity index (χ1) is 20.5. The van der Waals surface area contributed by atoms with Crippen LogP contribution in [-0.2, 0) is 16.2 Å². The minimum absolute atomic E-state index is 0.00274. The Hall–Kier alpha value is -5.04. The van der Waals surface area contributed by atoms with Crippen LogP contribution >= 0.6 is 0 Å². The normalized spacial score (nSPS) is 12.5. The second-order valence-electron chi connectivity index (χ2n) is 10.0. The van der Waals surface area contributed by atoms with Gasteiger partial charge in [-0.05, 0) is 78.9 Å². The van der Waals surface area contributed by atoms with Gasteiger partial charge in [0.1, 0.15) is 23.9 Å². The summed E-state index contributed by atoms with van der Waals surface area (Å²) in [7, 11) is 0. The first-order valence-corrected chi connectivity index (χ1v) is 14.1. The molecule has 0 aromatic heterocycles. The van der Waals surface area contributed by atoms with Gasteiger partial charge in [0.05, 0.1) is 12.3 Å². The predicted octanol–water partition coefficient (Wildman–Crippen LogP) is 6.81. The Bertz CT molecular complexity index is 1530. The van der Waals surface area contributed by atoms with Gasteiger partial charge in [0.25, 0.3) is 5.91 Å². The number of carbonyl (C=O) groups excluding carboxylic acids is 2. The summed E-state index contributed by atoms with van der Waals surface area (Å²) in [5.41, 5.74) is 4.31. The van der Waals surface area contributed by atoms with Gasteiger partial charge in [0.2, 0.25) is 5.91 Å². The molecular formula is C35H34N2O5. The van der Waals surface area contributed by atoms with Crippen LogP contribution in [0.1, 0.15) is 29.5 Å². The van der Waals surface area contributed by atoms with Crippen LogP contribution in [0.25, 0.3) is 6.08 Å². The van der Waals surface area contributed by atoms with Crippen molar-refractivity contribution in [2.24, 2.45) is 0 Å². The first-order valence-electron chi connectivity index (χ1n) is 14.1. The van der Waals surface area contributed by atoms with Crippen LogP contribution < -0.4 is 24.4 Å². The topological polar surface area (TPSA) is 77.1 Å². The third-order valence-corrected chi connectivity index (χ3v) is 6.85. The highest BCUT2D eigenvalue weighted by Crippen LogP contribution is 2.35. The van der Waals surface area contributed by atoms with Gasteiger partial charge in [0, 0.05) is 18.3 Å². The lowest BCUT2D eigenvalue weighted by molar-refractivity contribution is -0.121. The minimum Gasteiger partial charge on any atom is -0.493 e. The molecule has 1 heterocycles. The zero-order chi connectivity index (χ0) is 29.1. The molecule has 4 aromatic rings. The average Bonchev–Trinajstić information content (AvgIpc) is 3.01. The largest absolute Gasteiger partial charge is 0.493 e. The van der Waals surface area contributed by atoms with Gasteiger partial charge >= 0.3 is 0 Å². The monoisotopic (exact) mass is 562 g/mol. The van der Waals surface area contributed by atoms with Gasteiger partial charge in [0.15, 0.2) is 6.61 Å². The van der Waals surface area contributed by atoms with Gasteiger partial charge in [-0.3, -0.25) is 9.59 Å². The summed E-state index contributed by atoms with van der Waals surface area (Å²) >= 11 is 0. The highest BCUT2D eigenvalue weighted by Gasteiger charge is 2.25. The number of anilines is 2. The quantitative estimate of drug-likeness (QED) is 0.152. The van der Waals surface area contributed by atoms with Crippen molar-refractivity contribution in [2.75, 3.05) is 30.0 Å². The first kappa shape index (κ1) is 28.5. The lowest BCUT2D eigenvalue weighted by atomic mass is 10.1. The third kappa shape index (κ3) is 7.79. The van der Waals surface area contributed by atoms with E-state index >= 15 is 0 Å². The van der Waals surface area contributed by atoms with Crippen LogP contribution in [-0.4, -0.2) is 31.6 Å². The molecule has 42 heavy (non-hydrogen) atoms. The van der Waals surface area contributed by atoms with Crippen LogP contribution in [0, 0.1) is 6.92 Å². The molecule has 0 saturated carbocycles. The van der Waals surface area contributed by atoms with E-state index in [9.17, 15) is 9.59 Å². The number of nitrogens with zero attached hydrogens (tertiary/aromatic N) is 1. The Kier molecular flexibility index (Phi) is 9.52. The Morgan fingerprint density at radius 1 is 0.929 bits per heavy atom. The second-order valence-corrected chi connectivity index (χ2v) is 10.0. The maximum absolute atomic E-state index is 12.7. The zero-order valence-corrected chi connectivity index (χ0v) is 23.6. The van der Waals surface area contributed by atoms with Gasteiger partial charge < -0.3 is 24.4 Å². The standard InChI is InChI=1S/C35H34N2O5/c1-26-9-5-6-12-32(26)40-22-8-7-21-37-31-23-29(16-19-33(31)42-25-35(37)39)36-34(38)20-15-27-13-17-30(18-14-27)41-24-28-10-3-2-4-11-28/h2-6,9-20,23H,7-8,21-22,24-25H2,1H3,(H,36,38)/b20-15+. The molecule has 0 fully saturated rings. The molecular weight excluding hydrogens is 528 g/mol. The summed E-state index contributed by atoms with van der Waals surface area (Å²) in [6.07, 6.45) is 4.79. The number of unbranched alkanes of at least 4 members (excludes halogenated alkanes) is 1. The number of aryl methyl sites for hydroxylation is 1. The molecule has 7 nitrogen and oxygen atoms in total. The number of ether oxygens (including phenoxy) is 3. The van der Waals surface area contributed by atoms with Crippen LogP contribution in [0.5, 0.6) is 17.2 Å². The van der Waals surface area contributed by atoms with Gasteiger partial charge in [-0.15, -0.1) is 0 Å². The van der Waals surface area contributed by atoms with Crippen molar-refractivity contribution in [3.63, 3.8) is 0 Å². The molecule has 0 radical (unpaired) electrons. The van der Waals surface area contributed by atoms with Crippen molar-refractivity contribution < 1.29 is 23.8 Å². The van der Waals surface area contributed by atoms with E-state index in [1.54, 1.807) is 29.2 Å². The minimum atomic E-state index is -0.276. The molecule has 1 aliphatic heterocycles. The lowest BCUT2D eigenvalue weighted by Gasteiger charge is -2.30. The van der Waals surface area contributed by atoms with Crippen molar-refractivity contribution in [3.8, 4) is 17.2 Å². The summed E-state index contributed by atoms with van der Waals surface area (Å²) in [6.45, 7) is 3.62. The maximum Gasteiger partial charge on any atom is 0.265 e. The Morgan fingerprint density at radius 2 is 1.71 bits per heavy atom. The Balaban J connectivity index is 1.12. The smallest absolute Gasteiger partial charge is 0.265 e. The molecule has 214 valence electrons. The van der Waals surface area contributed by atoms with E-state index in [1.165, 1.54) is 6.08 Å². The van der Waals surface area contributed by atoms with Crippen molar-refractivity contribution in [1.82, 2.24) is 0 Å².